The molecule has 1 amide bonds. The van der Waals surface area contributed by atoms with E-state index < -0.39 is 24.6 Å². The van der Waals surface area contributed by atoms with Crippen LogP contribution in [0, 0.1) is 0 Å². The second-order valence-corrected chi connectivity index (χ2v) is 6.19. The van der Waals surface area contributed by atoms with Crippen molar-refractivity contribution >= 4 is 52.4 Å². The summed E-state index contributed by atoms with van der Waals surface area (Å²) >= 11 is 17.6. The van der Waals surface area contributed by atoms with Gasteiger partial charge in [-0.05, 0) is 43.3 Å². The van der Waals surface area contributed by atoms with E-state index in [1.807, 2.05) is 0 Å². The molecule has 0 bridgehead atoms. The molecule has 132 valence electrons. The van der Waals surface area contributed by atoms with Crippen LogP contribution in [0.4, 0.5) is 5.69 Å². The van der Waals surface area contributed by atoms with Gasteiger partial charge in [0.05, 0.1) is 15.7 Å². The summed E-state index contributed by atoms with van der Waals surface area (Å²) < 4.78 is 10.3. The van der Waals surface area contributed by atoms with Gasteiger partial charge in [-0.3, -0.25) is 4.79 Å². The van der Waals surface area contributed by atoms with Crippen molar-refractivity contribution in [1.82, 2.24) is 0 Å². The van der Waals surface area contributed by atoms with E-state index in [9.17, 15) is 9.59 Å². The van der Waals surface area contributed by atoms with E-state index in [-0.39, 0.29) is 5.02 Å². The van der Waals surface area contributed by atoms with Crippen molar-refractivity contribution < 1.29 is 19.1 Å². The maximum Gasteiger partial charge on any atom is 0.347 e. The number of nitrogens with one attached hydrogen (secondary N) is 1. The summed E-state index contributed by atoms with van der Waals surface area (Å²) in [5.74, 6) is -0.762. The van der Waals surface area contributed by atoms with Gasteiger partial charge in [0, 0.05) is 5.02 Å². The zero-order valence-corrected chi connectivity index (χ0v) is 15.4. The number of ether oxygens (including phenoxy) is 2. The van der Waals surface area contributed by atoms with Gasteiger partial charge in [0.15, 0.2) is 12.7 Å². The number of amides is 1. The highest BCUT2D eigenvalue weighted by atomic mass is 35.5. The lowest BCUT2D eigenvalue weighted by atomic mass is 10.3. The first-order valence-corrected chi connectivity index (χ1v) is 8.33. The standard InChI is InChI=1S/C17H14Cl3NO4/c1-10(25-12-7-5-11(18)6-8-12)17(23)24-9-15(22)21-14-4-2-3-13(19)16(14)20/h2-8,10H,9H2,1H3,(H,21,22). The van der Waals surface area contributed by atoms with Crippen molar-refractivity contribution in [2.45, 2.75) is 13.0 Å². The number of rotatable bonds is 6. The Bertz CT molecular complexity index is 765. The summed E-state index contributed by atoms with van der Waals surface area (Å²) in [6.07, 6.45) is -0.885. The smallest absolute Gasteiger partial charge is 0.347 e. The molecule has 0 aromatic heterocycles. The molecule has 8 heteroatoms. The minimum absolute atomic E-state index is 0.211. The predicted molar refractivity (Wildman–Crippen MR) is 97.6 cm³/mol. The van der Waals surface area contributed by atoms with Crippen LogP contribution in [0.1, 0.15) is 6.92 Å². The molecule has 5 nitrogen and oxygen atoms in total. The molecule has 0 spiro atoms. The lowest BCUT2D eigenvalue weighted by Gasteiger charge is -2.14. The van der Waals surface area contributed by atoms with Crippen LogP contribution in [0.3, 0.4) is 0 Å². The fraction of sp³-hybridized carbons (Fsp3) is 0.176. The molecule has 0 fully saturated rings. The van der Waals surface area contributed by atoms with Crippen LogP contribution >= 0.6 is 34.8 Å². The molecule has 25 heavy (non-hydrogen) atoms. The van der Waals surface area contributed by atoms with E-state index in [4.69, 9.17) is 44.3 Å². The fourth-order valence-corrected chi connectivity index (χ4v) is 2.28. The van der Waals surface area contributed by atoms with Crippen molar-refractivity contribution in [3.8, 4) is 5.75 Å². The van der Waals surface area contributed by atoms with Gasteiger partial charge in [0.25, 0.3) is 5.91 Å². The molecular weight excluding hydrogens is 389 g/mol. The molecule has 1 atom stereocenters. The molecule has 0 aliphatic carbocycles. The van der Waals surface area contributed by atoms with Gasteiger partial charge in [0.1, 0.15) is 5.75 Å². The fourth-order valence-electron chi connectivity index (χ4n) is 1.81. The number of carbonyl (C=O) groups is 2. The normalized spacial score (nSPS) is 11.5. The van der Waals surface area contributed by atoms with Crippen LogP contribution in [0.15, 0.2) is 42.5 Å². The van der Waals surface area contributed by atoms with Crippen molar-refractivity contribution in [2.75, 3.05) is 11.9 Å². The molecule has 0 aliphatic heterocycles. The van der Waals surface area contributed by atoms with Crippen molar-refractivity contribution in [1.29, 1.82) is 0 Å². The molecule has 0 heterocycles. The van der Waals surface area contributed by atoms with E-state index in [1.165, 1.54) is 6.92 Å². The number of esters is 1. The van der Waals surface area contributed by atoms with Crippen LogP contribution in [0.2, 0.25) is 15.1 Å². The SMILES string of the molecule is CC(Oc1ccc(Cl)cc1)C(=O)OCC(=O)Nc1cccc(Cl)c1Cl. The first-order valence-electron chi connectivity index (χ1n) is 7.19. The second kappa shape index (κ2) is 8.94. The van der Waals surface area contributed by atoms with E-state index in [2.05, 4.69) is 5.32 Å². The highest BCUT2D eigenvalue weighted by Crippen LogP contribution is 2.29. The summed E-state index contributed by atoms with van der Waals surface area (Å²) in [5, 5.41) is 3.59. The molecule has 2 rings (SSSR count). The molecule has 0 aliphatic rings. The summed E-state index contributed by atoms with van der Waals surface area (Å²) in [4.78, 5) is 23.7. The van der Waals surface area contributed by atoms with Crippen molar-refractivity contribution in [2.24, 2.45) is 0 Å². The Kier molecular flexibility index (Phi) is 6.93. The van der Waals surface area contributed by atoms with Crippen LogP contribution < -0.4 is 10.1 Å². The summed E-state index contributed by atoms with van der Waals surface area (Å²) in [6.45, 7) is 1.04. The summed E-state index contributed by atoms with van der Waals surface area (Å²) in [7, 11) is 0. The lowest BCUT2D eigenvalue weighted by molar-refractivity contribution is -0.153. The largest absolute Gasteiger partial charge is 0.479 e. The third kappa shape index (κ3) is 5.81. The van der Waals surface area contributed by atoms with Crippen LogP contribution in [-0.4, -0.2) is 24.6 Å². The molecule has 2 aromatic rings. The second-order valence-electron chi connectivity index (χ2n) is 4.97. The van der Waals surface area contributed by atoms with Gasteiger partial charge in [-0.2, -0.15) is 0 Å². The Morgan fingerprint density at radius 1 is 1.08 bits per heavy atom. The van der Waals surface area contributed by atoms with Crippen molar-refractivity contribution in [3.63, 3.8) is 0 Å². The monoisotopic (exact) mass is 401 g/mol. The maximum atomic E-state index is 11.9. The number of benzene rings is 2. The average molecular weight is 403 g/mol. The summed E-state index contributed by atoms with van der Waals surface area (Å²) in [5.41, 5.74) is 0.334. The summed E-state index contributed by atoms with van der Waals surface area (Å²) in [6, 6.07) is 11.3. The number of hydrogen-bond acceptors (Lipinski definition) is 4. The van der Waals surface area contributed by atoms with E-state index in [0.29, 0.717) is 21.5 Å². The number of anilines is 1. The van der Waals surface area contributed by atoms with E-state index in [1.54, 1.807) is 42.5 Å². The highest BCUT2D eigenvalue weighted by molar-refractivity contribution is 6.44. The molecule has 0 radical (unpaired) electrons. The van der Waals surface area contributed by atoms with Gasteiger partial charge in [0.2, 0.25) is 0 Å². The molecular formula is C17H14Cl3NO4. The van der Waals surface area contributed by atoms with Crippen LogP contribution in [0.25, 0.3) is 0 Å². The first-order chi connectivity index (χ1) is 11.9. The minimum atomic E-state index is -0.885. The van der Waals surface area contributed by atoms with E-state index >= 15 is 0 Å². The minimum Gasteiger partial charge on any atom is -0.479 e. The highest BCUT2D eigenvalue weighted by Gasteiger charge is 2.18. The first kappa shape index (κ1) is 19.4. The average Bonchev–Trinajstić information content (AvgIpc) is 2.59. The van der Waals surface area contributed by atoms with Gasteiger partial charge in [-0.15, -0.1) is 0 Å². The van der Waals surface area contributed by atoms with Crippen molar-refractivity contribution in [3.05, 3.63) is 57.5 Å². The Balaban J connectivity index is 1.83. The van der Waals surface area contributed by atoms with Gasteiger partial charge < -0.3 is 14.8 Å². The number of hydrogen-bond donors (Lipinski definition) is 1. The topological polar surface area (TPSA) is 64.6 Å². The lowest BCUT2D eigenvalue weighted by Crippen LogP contribution is -2.29. The Morgan fingerprint density at radius 3 is 2.44 bits per heavy atom. The molecule has 2 aromatic carbocycles. The molecule has 0 saturated heterocycles. The third-order valence-corrected chi connectivity index (χ3v) is 4.10. The Morgan fingerprint density at radius 2 is 1.76 bits per heavy atom. The van der Waals surface area contributed by atoms with Crippen LogP contribution in [0.5, 0.6) is 5.75 Å². The molecule has 1 unspecified atom stereocenters. The predicted octanol–water partition coefficient (Wildman–Crippen LogP) is 4.60. The molecule has 0 saturated carbocycles. The van der Waals surface area contributed by atoms with Gasteiger partial charge in [-0.25, -0.2) is 4.79 Å². The number of halogens is 3. The quantitative estimate of drug-likeness (QED) is 0.717. The maximum absolute atomic E-state index is 11.9. The third-order valence-electron chi connectivity index (χ3n) is 3.03. The zero-order chi connectivity index (χ0) is 18.4. The van der Waals surface area contributed by atoms with Crippen LogP contribution in [-0.2, 0) is 14.3 Å². The zero-order valence-electron chi connectivity index (χ0n) is 13.1. The van der Waals surface area contributed by atoms with Gasteiger partial charge >= 0.3 is 5.97 Å². The van der Waals surface area contributed by atoms with Gasteiger partial charge in [-0.1, -0.05) is 40.9 Å². The van der Waals surface area contributed by atoms with E-state index in [0.717, 1.165) is 0 Å². The molecule has 1 N–H and O–H groups in total. The number of carbonyl (C=O) groups excluding carboxylic acids is 2. The Hall–Kier alpha value is -1.95. The Labute approximate surface area is 159 Å².